The minimum Gasteiger partial charge on any atom is -0.387 e. The molecule has 0 aliphatic carbocycles. The topological polar surface area (TPSA) is 105 Å². The Kier molecular flexibility index (Phi) is 65.1. The number of carbonyl (C=O) groups is 1. The van der Waals surface area contributed by atoms with Crippen LogP contribution in [0, 0.1) is 0 Å². The van der Waals surface area contributed by atoms with Crippen LogP contribution in [0.4, 0.5) is 0 Å². The number of aliphatic hydroxyl groups excluding tert-OH is 1. The number of likely N-dealkylation sites (N-methyl/N-ethyl adjacent to an activating group) is 1. The van der Waals surface area contributed by atoms with Gasteiger partial charge in [0, 0.05) is 6.42 Å². The molecule has 0 aromatic rings. The average molecular weight is 1200 g/mol. The Hall–Kier alpha value is -1.28. The minimum atomic E-state index is -4.37. The van der Waals surface area contributed by atoms with Crippen molar-refractivity contribution in [1.29, 1.82) is 0 Å². The van der Waals surface area contributed by atoms with E-state index in [0.29, 0.717) is 17.4 Å². The molecule has 498 valence electrons. The molecule has 0 aliphatic rings. The van der Waals surface area contributed by atoms with Crippen molar-refractivity contribution in [2.75, 3.05) is 40.9 Å². The maximum absolute atomic E-state index is 13.1. The highest BCUT2D eigenvalue weighted by Gasteiger charge is 2.28. The Morgan fingerprint density at radius 1 is 0.393 bits per heavy atom. The van der Waals surface area contributed by atoms with E-state index in [0.717, 1.165) is 44.9 Å². The average Bonchev–Trinajstić information content (AvgIpc) is 3.56. The second-order valence-electron chi connectivity index (χ2n) is 27.0. The maximum Gasteiger partial charge on any atom is 0.472 e. The number of quaternary nitrogens is 1. The van der Waals surface area contributed by atoms with E-state index in [1.807, 2.05) is 27.2 Å². The van der Waals surface area contributed by atoms with Crippen LogP contribution >= 0.6 is 7.82 Å². The Morgan fingerprint density at radius 3 is 0.952 bits per heavy atom. The lowest BCUT2D eigenvalue weighted by molar-refractivity contribution is -0.870. The van der Waals surface area contributed by atoms with Crippen LogP contribution in [0.15, 0.2) is 36.5 Å². The molecule has 9 heteroatoms. The second-order valence-corrected chi connectivity index (χ2v) is 28.5. The smallest absolute Gasteiger partial charge is 0.387 e. The lowest BCUT2D eigenvalue weighted by Crippen LogP contribution is -2.45. The van der Waals surface area contributed by atoms with Gasteiger partial charge in [-0.15, -0.1) is 0 Å². The summed E-state index contributed by atoms with van der Waals surface area (Å²) in [5, 5.41) is 14.0. The molecule has 0 spiro atoms. The van der Waals surface area contributed by atoms with Crippen molar-refractivity contribution in [3.05, 3.63) is 36.5 Å². The molecule has 3 atom stereocenters. The van der Waals surface area contributed by atoms with Crippen molar-refractivity contribution in [1.82, 2.24) is 5.32 Å². The summed E-state index contributed by atoms with van der Waals surface area (Å²) in [7, 11) is 1.56. The van der Waals surface area contributed by atoms with Crippen LogP contribution in [0.1, 0.15) is 386 Å². The molecule has 84 heavy (non-hydrogen) atoms. The first-order chi connectivity index (χ1) is 41.0. The zero-order valence-electron chi connectivity index (χ0n) is 57.2. The van der Waals surface area contributed by atoms with Crippen LogP contribution in [0.3, 0.4) is 0 Å². The molecule has 0 aromatic heterocycles. The molecule has 0 aromatic carbocycles. The fourth-order valence-corrected chi connectivity index (χ4v) is 12.3. The van der Waals surface area contributed by atoms with Gasteiger partial charge in [0.1, 0.15) is 13.2 Å². The van der Waals surface area contributed by atoms with E-state index in [4.69, 9.17) is 9.05 Å². The van der Waals surface area contributed by atoms with Crippen molar-refractivity contribution in [3.63, 3.8) is 0 Å². The van der Waals surface area contributed by atoms with Gasteiger partial charge in [-0.25, -0.2) is 4.57 Å². The van der Waals surface area contributed by atoms with Gasteiger partial charge in [-0.2, -0.15) is 0 Å². The third-order valence-electron chi connectivity index (χ3n) is 17.3. The first-order valence-electron chi connectivity index (χ1n) is 37.4. The van der Waals surface area contributed by atoms with Crippen molar-refractivity contribution in [2.24, 2.45) is 0 Å². The molecule has 3 N–H and O–H groups in total. The molecular formula is C75H148N2O6P+. The van der Waals surface area contributed by atoms with Gasteiger partial charge in [0.25, 0.3) is 0 Å². The Morgan fingerprint density at radius 2 is 0.655 bits per heavy atom. The SMILES string of the molecule is CCCCCCCCCCCCCCCCCCCC/C=C/CC/C=C/CC/C=C/C(O)C(COP(=O)(O)OCC[N+](C)(C)C)NC(=O)CCCCCCCCCCCCCCCCCCCCCCCCCCCCCCCCCCCC. The molecule has 0 fully saturated rings. The van der Waals surface area contributed by atoms with Crippen LogP contribution in [-0.2, 0) is 18.4 Å². The van der Waals surface area contributed by atoms with E-state index in [9.17, 15) is 19.4 Å². The number of unbranched alkanes of at least 4 members (excludes halogenated alkanes) is 53. The number of nitrogens with one attached hydrogen (secondary N) is 1. The van der Waals surface area contributed by atoms with Crippen LogP contribution < -0.4 is 5.32 Å². The number of hydrogen-bond donors (Lipinski definition) is 3. The van der Waals surface area contributed by atoms with E-state index < -0.39 is 20.0 Å². The molecule has 0 bridgehead atoms. The quantitative estimate of drug-likeness (QED) is 0.0243. The molecule has 8 nitrogen and oxygen atoms in total. The normalized spacial score (nSPS) is 13.8. The molecule has 1 amide bonds. The molecule has 0 saturated carbocycles. The van der Waals surface area contributed by atoms with E-state index >= 15 is 0 Å². The van der Waals surface area contributed by atoms with Crippen LogP contribution in [-0.4, -0.2) is 73.4 Å². The summed E-state index contributed by atoms with van der Waals surface area (Å²) in [6, 6.07) is -0.870. The molecule has 0 aliphatic heterocycles. The van der Waals surface area contributed by atoms with Gasteiger partial charge in [-0.3, -0.25) is 13.8 Å². The fourth-order valence-electron chi connectivity index (χ4n) is 11.6. The number of nitrogens with zero attached hydrogens (tertiary/aromatic N) is 1. The number of allylic oxidation sites excluding steroid dienone is 5. The number of aliphatic hydroxyl groups is 1. The maximum atomic E-state index is 13.1. The van der Waals surface area contributed by atoms with Gasteiger partial charge in [-0.05, 0) is 44.9 Å². The third-order valence-corrected chi connectivity index (χ3v) is 18.3. The monoisotopic (exact) mass is 1200 g/mol. The number of hydrogen-bond acceptors (Lipinski definition) is 5. The van der Waals surface area contributed by atoms with Gasteiger partial charge >= 0.3 is 7.82 Å². The lowest BCUT2D eigenvalue weighted by atomic mass is 10.0. The first-order valence-corrected chi connectivity index (χ1v) is 38.9. The highest BCUT2D eigenvalue weighted by Crippen LogP contribution is 2.43. The largest absolute Gasteiger partial charge is 0.472 e. The summed E-state index contributed by atoms with van der Waals surface area (Å²) >= 11 is 0. The van der Waals surface area contributed by atoms with Crippen molar-refractivity contribution in [3.8, 4) is 0 Å². The van der Waals surface area contributed by atoms with Gasteiger partial charge in [-0.1, -0.05) is 371 Å². The number of phosphoric ester groups is 1. The van der Waals surface area contributed by atoms with Crippen LogP contribution in [0.2, 0.25) is 0 Å². The van der Waals surface area contributed by atoms with Crippen molar-refractivity contribution >= 4 is 13.7 Å². The molecule has 0 rings (SSSR count). The molecule has 0 radical (unpaired) electrons. The van der Waals surface area contributed by atoms with Crippen LogP contribution in [0.5, 0.6) is 0 Å². The summed E-state index contributed by atoms with van der Waals surface area (Å²) in [4.78, 5) is 23.4. The summed E-state index contributed by atoms with van der Waals surface area (Å²) < 4.78 is 23.8. The summed E-state index contributed by atoms with van der Waals surface area (Å²) in [5.41, 5.74) is 0. The number of amides is 1. The van der Waals surface area contributed by atoms with Crippen LogP contribution in [0.25, 0.3) is 0 Å². The van der Waals surface area contributed by atoms with Gasteiger partial charge in [0.2, 0.25) is 5.91 Å². The Bertz CT molecular complexity index is 1460. The first kappa shape index (κ1) is 82.7. The molecule has 0 saturated heterocycles. The van der Waals surface area contributed by atoms with Gasteiger partial charge in [0.15, 0.2) is 0 Å². The summed E-state index contributed by atoms with van der Waals surface area (Å²) in [6.07, 6.45) is 89.0. The third kappa shape index (κ3) is 68.2. The molecule has 0 heterocycles. The van der Waals surface area contributed by atoms with E-state index in [1.165, 1.54) is 321 Å². The van der Waals surface area contributed by atoms with Crippen molar-refractivity contribution in [2.45, 2.75) is 398 Å². The van der Waals surface area contributed by atoms with Crippen molar-refractivity contribution < 1.29 is 32.9 Å². The number of rotatable bonds is 70. The van der Waals surface area contributed by atoms with E-state index in [2.05, 4.69) is 43.5 Å². The Balaban J connectivity index is 4.03. The number of carbonyl (C=O) groups excluding carboxylic acids is 1. The zero-order valence-corrected chi connectivity index (χ0v) is 58.1. The highest BCUT2D eigenvalue weighted by molar-refractivity contribution is 7.47. The highest BCUT2D eigenvalue weighted by atomic mass is 31.2. The van der Waals surface area contributed by atoms with E-state index in [1.54, 1.807) is 6.08 Å². The zero-order chi connectivity index (χ0) is 61.2. The second kappa shape index (κ2) is 66.1. The lowest BCUT2D eigenvalue weighted by Gasteiger charge is -2.25. The fraction of sp³-hybridized carbons (Fsp3) is 0.907. The summed E-state index contributed by atoms with van der Waals surface area (Å²) in [6.45, 7) is 4.85. The Labute approximate surface area is 525 Å². The minimum absolute atomic E-state index is 0.0555. The molecule has 3 unspecified atom stereocenters. The van der Waals surface area contributed by atoms with Gasteiger partial charge in [0.05, 0.1) is 39.9 Å². The summed E-state index contributed by atoms with van der Waals surface area (Å²) in [5.74, 6) is -0.182. The number of phosphoric acid groups is 1. The van der Waals surface area contributed by atoms with E-state index in [-0.39, 0.29) is 19.1 Å². The molecular weight excluding hydrogens is 1060 g/mol. The predicted octanol–water partition coefficient (Wildman–Crippen LogP) is 24.0. The van der Waals surface area contributed by atoms with Gasteiger partial charge < -0.3 is 19.8 Å². The predicted molar refractivity (Wildman–Crippen MR) is 369 cm³/mol. The standard InChI is InChI=1S/C75H147N2O6P/c1-6-8-10-12-14-16-18-20-22-24-26-28-30-32-34-36-37-38-39-40-41-43-45-47-49-51-53-55-57-59-61-63-65-67-69-75(79)76-73(72-83-84(80,81)82-71-70-77(3,4)5)74(78)68-66-64-62-60-58-56-54-52-50-48-46-44-42-35-33-31-29-27-25-23-21-19-17-15-13-11-9-7-2/h50,52,58,60,66,68,73-74,78H,6-49,51,53-57,59,61-65,67,69-72H2,1-5H3,(H-,76,79,80,81)/p+1/b52-50+,60-58+,68-66+.